The van der Waals surface area contributed by atoms with Gasteiger partial charge in [0.05, 0.1) is 5.54 Å². The summed E-state index contributed by atoms with van der Waals surface area (Å²) in [6.07, 6.45) is 6.79. The van der Waals surface area contributed by atoms with E-state index in [-0.39, 0.29) is 17.1 Å². The molecule has 3 aliphatic rings. The molecule has 1 saturated heterocycles. The van der Waals surface area contributed by atoms with Crippen molar-refractivity contribution in [3.63, 3.8) is 0 Å². The molecule has 0 aromatic heterocycles. The summed E-state index contributed by atoms with van der Waals surface area (Å²) >= 11 is 0. The van der Waals surface area contributed by atoms with E-state index in [0.29, 0.717) is 6.54 Å². The molecule has 2 aromatic carbocycles. The fraction of sp³-hybridized carbons (Fsp3) is 0.500. The Morgan fingerprint density at radius 1 is 1.00 bits per heavy atom. The lowest BCUT2D eigenvalue weighted by Crippen LogP contribution is -2.54. The molecular formula is C26H33N3O. The normalized spacial score (nSPS) is 28.9. The van der Waals surface area contributed by atoms with Crippen LogP contribution in [0.1, 0.15) is 61.1 Å². The predicted molar refractivity (Wildman–Crippen MR) is 120 cm³/mol. The van der Waals surface area contributed by atoms with Gasteiger partial charge in [0, 0.05) is 18.6 Å². The maximum atomic E-state index is 12.9. The average Bonchev–Trinajstić information content (AvgIpc) is 3.56. The zero-order valence-corrected chi connectivity index (χ0v) is 18.2. The number of hydrogen-bond donors (Lipinski definition) is 1. The molecule has 2 aromatic rings. The van der Waals surface area contributed by atoms with Crippen LogP contribution in [0.4, 0.5) is 4.79 Å². The second-order valence-corrected chi connectivity index (χ2v) is 9.88. The highest BCUT2D eigenvalue weighted by molar-refractivity contribution is 5.78. The second kappa shape index (κ2) is 7.42. The zero-order chi connectivity index (χ0) is 20.8. The predicted octanol–water partition coefficient (Wildman–Crippen LogP) is 4.86. The van der Waals surface area contributed by atoms with Crippen molar-refractivity contribution in [1.29, 1.82) is 0 Å². The molecule has 1 aliphatic heterocycles. The van der Waals surface area contributed by atoms with Crippen molar-refractivity contribution < 1.29 is 4.79 Å². The molecule has 3 fully saturated rings. The summed E-state index contributed by atoms with van der Waals surface area (Å²) in [6.45, 7) is 1.53. The van der Waals surface area contributed by atoms with Crippen molar-refractivity contribution >= 4 is 6.03 Å². The Balaban J connectivity index is 1.29. The monoisotopic (exact) mass is 403 g/mol. The Hall–Kier alpha value is -2.33. The molecule has 2 saturated carbocycles. The van der Waals surface area contributed by atoms with Gasteiger partial charge in [-0.3, -0.25) is 4.90 Å². The van der Waals surface area contributed by atoms with E-state index in [1.165, 1.54) is 29.5 Å². The largest absolute Gasteiger partial charge is 0.331 e. The van der Waals surface area contributed by atoms with E-state index in [1.54, 1.807) is 0 Å². The van der Waals surface area contributed by atoms with Crippen molar-refractivity contribution in [3.05, 3.63) is 71.3 Å². The van der Waals surface area contributed by atoms with Crippen molar-refractivity contribution in [2.75, 3.05) is 20.6 Å². The molecule has 0 radical (unpaired) electrons. The van der Waals surface area contributed by atoms with E-state index in [1.807, 2.05) is 4.90 Å². The van der Waals surface area contributed by atoms with E-state index in [4.69, 9.17) is 0 Å². The van der Waals surface area contributed by atoms with E-state index in [9.17, 15) is 4.79 Å². The maximum absolute atomic E-state index is 12.9. The van der Waals surface area contributed by atoms with Gasteiger partial charge in [-0.15, -0.1) is 0 Å². The highest BCUT2D eigenvalue weighted by atomic mass is 16.2. The molecule has 2 amide bonds. The van der Waals surface area contributed by atoms with Crippen LogP contribution in [0.15, 0.2) is 54.6 Å². The Kier molecular flexibility index (Phi) is 4.85. The summed E-state index contributed by atoms with van der Waals surface area (Å²) in [5.41, 5.74) is 4.07. The van der Waals surface area contributed by atoms with Gasteiger partial charge in [0.2, 0.25) is 0 Å². The van der Waals surface area contributed by atoms with Crippen LogP contribution in [-0.2, 0) is 12.1 Å². The number of carbonyl (C=O) groups is 1. The van der Waals surface area contributed by atoms with Crippen LogP contribution in [0.25, 0.3) is 0 Å². The quantitative estimate of drug-likeness (QED) is 0.774. The lowest BCUT2D eigenvalue weighted by molar-refractivity contribution is 0.0617. The fourth-order valence-corrected chi connectivity index (χ4v) is 5.66. The molecule has 2 aliphatic carbocycles. The second-order valence-electron chi connectivity index (χ2n) is 9.88. The minimum Gasteiger partial charge on any atom is -0.331 e. The molecule has 0 unspecified atom stereocenters. The van der Waals surface area contributed by atoms with Crippen LogP contribution in [0.3, 0.4) is 0 Å². The summed E-state index contributed by atoms with van der Waals surface area (Å²) in [7, 11) is 4.38. The van der Waals surface area contributed by atoms with Gasteiger partial charge in [0.1, 0.15) is 0 Å². The van der Waals surface area contributed by atoms with Gasteiger partial charge in [0.15, 0.2) is 0 Å². The van der Waals surface area contributed by atoms with Crippen LogP contribution in [0.2, 0.25) is 0 Å². The SMILES string of the molecule is CN(C)[C@]1(c2ccccc2)CC[C@@]2(CC1)CN(Cc1cccc(C3CC3)c1)C(=O)N2. The highest BCUT2D eigenvalue weighted by Crippen LogP contribution is 2.46. The van der Waals surface area contributed by atoms with E-state index >= 15 is 0 Å². The van der Waals surface area contributed by atoms with Gasteiger partial charge in [-0.25, -0.2) is 4.79 Å². The highest BCUT2D eigenvalue weighted by Gasteiger charge is 2.49. The van der Waals surface area contributed by atoms with Crippen LogP contribution >= 0.6 is 0 Å². The van der Waals surface area contributed by atoms with E-state index in [2.05, 4.69) is 78.9 Å². The number of rotatable bonds is 5. The fourth-order valence-electron chi connectivity index (χ4n) is 5.66. The number of amides is 2. The van der Waals surface area contributed by atoms with Crippen LogP contribution in [-0.4, -0.2) is 42.0 Å². The summed E-state index contributed by atoms with van der Waals surface area (Å²) in [5, 5.41) is 3.39. The summed E-state index contributed by atoms with van der Waals surface area (Å²) < 4.78 is 0. The van der Waals surface area contributed by atoms with Crippen molar-refractivity contribution in [3.8, 4) is 0 Å². The number of benzene rings is 2. The molecule has 0 bridgehead atoms. The Morgan fingerprint density at radius 3 is 2.40 bits per heavy atom. The van der Waals surface area contributed by atoms with Gasteiger partial charge in [-0.2, -0.15) is 0 Å². The van der Waals surface area contributed by atoms with Gasteiger partial charge in [0.25, 0.3) is 0 Å². The molecule has 1 heterocycles. The van der Waals surface area contributed by atoms with Gasteiger partial charge >= 0.3 is 6.03 Å². The summed E-state index contributed by atoms with van der Waals surface area (Å²) in [4.78, 5) is 17.3. The molecule has 4 heteroatoms. The number of hydrogen-bond acceptors (Lipinski definition) is 2. The number of carbonyl (C=O) groups excluding carboxylic acids is 1. The van der Waals surface area contributed by atoms with E-state index in [0.717, 1.165) is 38.1 Å². The van der Waals surface area contributed by atoms with Crippen molar-refractivity contribution in [2.45, 2.75) is 62.1 Å². The Bertz CT molecular complexity index is 911. The molecule has 4 nitrogen and oxygen atoms in total. The molecule has 1 spiro atoms. The first-order valence-electron chi connectivity index (χ1n) is 11.4. The summed E-state index contributed by atoms with van der Waals surface area (Å²) in [5.74, 6) is 0.749. The zero-order valence-electron chi connectivity index (χ0n) is 18.2. The number of urea groups is 1. The first kappa shape index (κ1) is 19.6. The lowest BCUT2D eigenvalue weighted by atomic mass is 9.69. The van der Waals surface area contributed by atoms with Gasteiger partial charge < -0.3 is 10.2 Å². The molecule has 0 atom stereocenters. The first-order chi connectivity index (χ1) is 14.5. The minimum atomic E-state index is -0.0839. The third-order valence-electron chi connectivity index (χ3n) is 7.73. The lowest BCUT2D eigenvalue weighted by Gasteiger charge is -2.48. The maximum Gasteiger partial charge on any atom is 0.318 e. The molecule has 158 valence electrons. The van der Waals surface area contributed by atoms with Crippen LogP contribution < -0.4 is 5.32 Å². The topological polar surface area (TPSA) is 35.6 Å². The number of nitrogens with one attached hydrogen (secondary N) is 1. The number of nitrogens with zero attached hydrogens (tertiary/aromatic N) is 2. The third-order valence-corrected chi connectivity index (χ3v) is 7.73. The summed E-state index contributed by atoms with van der Waals surface area (Å²) in [6, 6.07) is 19.8. The smallest absolute Gasteiger partial charge is 0.318 e. The molecule has 5 rings (SSSR count). The van der Waals surface area contributed by atoms with Crippen molar-refractivity contribution in [1.82, 2.24) is 15.1 Å². The van der Waals surface area contributed by atoms with Gasteiger partial charge in [-0.05, 0) is 75.2 Å². The standard InChI is InChI=1S/C26H33N3O/c1-28(2)26(23-9-4-3-5-10-23)15-13-25(14-16-26)19-29(24(30)27-25)18-20-7-6-8-22(17-20)21-11-12-21/h3-10,17,21H,11-16,18-19H2,1-2H3,(H,27,30)/t25-,26-. The van der Waals surface area contributed by atoms with Gasteiger partial charge in [-0.1, -0.05) is 54.6 Å². The molecular weight excluding hydrogens is 370 g/mol. The van der Waals surface area contributed by atoms with Crippen LogP contribution in [0.5, 0.6) is 0 Å². The average molecular weight is 404 g/mol. The Labute approximate surface area is 180 Å². The minimum absolute atomic E-state index is 0.0588. The third kappa shape index (κ3) is 3.51. The van der Waals surface area contributed by atoms with Crippen LogP contribution in [0, 0.1) is 0 Å². The molecule has 1 N–H and O–H groups in total. The van der Waals surface area contributed by atoms with Crippen molar-refractivity contribution in [2.24, 2.45) is 0 Å². The van der Waals surface area contributed by atoms with E-state index < -0.39 is 0 Å². The first-order valence-corrected chi connectivity index (χ1v) is 11.4. The molecule has 30 heavy (non-hydrogen) atoms. The Morgan fingerprint density at radius 2 is 1.73 bits per heavy atom.